The molecule has 1 fully saturated rings. The summed E-state index contributed by atoms with van der Waals surface area (Å²) in [5.74, 6) is 0.232. The predicted octanol–water partition coefficient (Wildman–Crippen LogP) is 1.36. The summed E-state index contributed by atoms with van der Waals surface area (Å²) >= 11 is 0. The summed E-state index contributed by atoms with van der Waals surface area (Å²) in [6.07, 6.45) is 0. The van der Waals surface area contributed by atoms with E-state index in [-0.39, 0.29) is 36.7 Å². The quantitative estimate of drug-likeness (QED) is 0.763. The van der Waals surface area contributed by atoms with Crippen LogP contribution in [0.2, 0.25) is 0 Å². The van der Waals surface area contributed by atoms with Gasteiger partial charge in [0.2, 0.25) is 0 Å². The van der Waals surface area contributed by atoms with E-state index in [2.05, 4.69) is 22.8 Å². The van der Waals surface area contributed by atoms with E-state index in [1.54, 1.807) is 4.90 Å². The van der Waals surface area contributed by atoms with E-state index in [4.69, 9.17) is 0 Å². The highest BCUT2D eigenvalue weighted by Gasteiger charge is 2.53. The van der Waals surface area contributed by atoms with Crippen molar-refractivity contribution in [2.75, 3.05) is 18.5 Å². The zero-order valence-corrected chi connectivity index (χ0v) is 11.8. The molecule has 2 amide bonds. The Bertz CT molecular complexity index is 518. The van der Waals surface area contributed by atoms with Crippen LogP contribution in [-0.4, -0.2) is 47.3 Å². The van der Waals surface area contributed by atoms with Crippen molar-refractivity contribution in [3.63, 3.8) is 0 Å². The number of hydrogen-bond donors (Lipinski definition) is 3. The van der Waals surface area contributed by atoms with Crippen molar-refractivity contribution in [2.45, 2.75) is 37.9 Å². The maximum Gasteiger partial charge on any atom is 0.318 e. The molecule has 0 spiro atoms. The lowest BCUT2D eigenvalue weighted by Crippen LogP contribution is -2.71. The molecule has 3 rings (SSSR count). The Balaban J connectivity index is 1.84. The molecule has 0 unspecified atom stereocenters. The minimum atomic E-state index is -0.123. The van der Waals surface area contributed by atoms with Gasteiger partial charge in [-0.1, -0.05) is 18.2 Å². The smallest absolute Gasteiger partial charge is 0.318 e. The van der Waals surface area contributed by atoms with E-state index in [9.17, 15) is 9.90 Å². The molecule has 3 atom stereocenters. The lowest BCUT2D eigenvalue weighted by molar-refractivity contribution is -0.00480. The minimum absolute atomic E-state index is 0.00101. The van der Waals surface area contributed by atoms with Crippen LogP contribution in [0.4, 0.5) is 10.5 Å². The maximum atomic E-state index is 12.2. The number of likely N-dealkylation sites (tertiary alicyclic amines) is 1. The Morgan fingerprint density at radius 3 is 2.95 bits per heavy atom. The number of rotatable bonds is 2. The largest absolute Gasteiger partial charge is 0.394 e. The predicted molar refractivity (Wildman–Crippen MR) is 77.8 cm³/mol. The molecule has 5 heteroatoms. The topological polar surface area (TPSA) is 64.6 Å². The standard InChI is InChI=1S/C15H21N3O2/c1-9(2)17-15(20)18-12-7-16-11-6-4-3-5-10(11)14(12)13(18)8-19/h3-6,9,12-14,16,19H,7-8H2,1-2H3,(H,17,20)/t12-,13-,14+/m1/s1. The van der Waals surface area contributed by atoms with Crippen molar-refractivity contribution in [3.8, 4) is 0 Å². The molecule has 0 aliphatic carbocycles. The van der Waals surface area contributed by atoms with Gasteiger partial charge in [-0.3, -0.25) is 0 Å². The number of anilines is 1. The van der Waals surface area contributed by atoms with Gasteiger partial charge in [0, 0.05) is 24.2 Å². The van der Waals surface area contributed by atoms with Crippen molar-refractivity contribution in [3.05, 3.63) is 29.8 Å². The number of carbonyl (C=O) groups is 1. The second-order valence-electron chi connectivity index (χ2n) is 5.82. The van der Waals surface area contributed by atoms with Gasteiger partial charge in [-0.15, -0.1) is 0 Å². The van der Waals surface area contributed by atoms with E-state index in [0.29, 0.717) is 0 Å². The van der Waals surface area contributed by atoms with Crippen molar-refractivity contribution in [1.29, 1.82) is 0 Å². The second-order valence-corrected chi connectivity index (χ2v) is 5.82. The number of urea groups is 1. The fourth-order valence-corrected chi connectivity index (χ4v) is 3.37. The van der Waals surface area contributed by atoms with Crippen LogP contribution in [0.1, 0.15) is 25.3 Å². The third kappa shape index (κ3) is 1.93. The van der Waals surface area contributed by atoms with Gasteiger partial charge in [0.05, 0.1) is 18.7 Å². The van der Waals surface area contributed by atoms with E-state index in [0.717, 1.165) is 12.2 Å². The molecular weight excluding hydrogens is 254 g/mol. The fraction of sp³-hybridized carbons (Fsp3) is 0.533. The normalized spacial score (nSPS) is 27.2. The summed E-state index contributed by atoms with van der Waals surface area (Å²) in [6.45, 7) is 4.62. The molecule has 2 aliphatic rings. The number of aliphatic hydroxyl groups is 1. The molecule has 3 N–H and O–H groups in total. The van der Waals surface area contributed by atoms with Crippen molar-refractivity contribution < 1.29 is 9.90 Å². The number of nitrogens with zero attached hydrogens (tertiary/aromatic N) is 1. The third-order valence-electron chi connectivity index (χ3n) is 4.20. The summed E-state index contributed by atoms with van der Waals surface area (Å²) in [4.78, 5) is 14.0. The average Bonchev–Trinajstić information content (AvgIpc) is 2.38. The van der Waals surface area contributed by atoms with Crippen LogP contribution < -0.4 is 10.6 Å². The van der Waals surface area contributed by atoms with E-state index in [1.807, 2.05) is 26.0 Å². The van der Waals surface area contributed by atoms with Crippen LogP contribution >= 0.6 is 0 Å². The monoisotopic (exact) mass is 275 g/mol. The summed E-state index contributed by atoms with van der Waals surface area (Å²) in [7, 11) is 0. The van der Waals surface area contributed by atoms with Crippen LogP contribution in [0, 0.1) is 0 Å². The number of aliphatic hydroxyl groups excluding tert-OH is 1. The first-order valence-electron chi connectivity index (χ1n) is 7.16. The molecule has 20 heavy (non-hydrogen) atoms. The molecule has 0 aromatic heterocycles. The van der Waals surface area contributed by atoms with Crippen LogP contribution in [0.25, 0.3) is 0 Å². The highest BCUT2D eigenvalue weighted by atomic mass is 16.3. The van der Waals surface area contributed by atoms with Crippen molar-refractivity contribution >= 4 is 11.7 Å². The highest BCUT2D eigenvalue weighted by molar-refractivity contribution is 5.78. The Kier molecular flexibility index (Phi) is 3.30. The average molecular weight is 275 g/mol. The molecule has 2 heterocycles. The molecule has 1 aromatic carbocycles. The summed E-state index contributed by atoms with van der Waals surface area (Å²) in [5, 5.41) is 15.9. The molecule has 5 nitrogen and oxygen atoms in total. The van der Waals surface area contributed by atoms with Gasteiger partial charge in [-0.2, -0.15) is 0 Å². The maximum absolute atomic E-state index is 12.2. The van der Waals surface area contributed by atoms with Crippen molar-refractivity contribution in [1.82, 2.24) is 10.2 Å². The number of para-hydroxylation sites is 1. The minimum Gasteiger partial charge on any atom is -0.394 e. The summed E-state index contributed by atoms with van der Waals surface area (Å²) < 4.78 is 0. The Morgan fingerprint density at radius 1 is 1.50 bits per heavy atom. The Hall–Kier alpha value is -1.75. The number of amides is 2. The fourth-order valence-electron chi connectivity index (χ4n) is 3.37. The van der Waals surface area contributed by atoms with Gasteiger partial charge in [0.1, 0.15) is 0 Å². The first-order valence-corrected chi connectivity index (χ1v) is 7.16. The second kappa shape index (κ2) is 4.98. The summed E-state index contributed by atoms with van der Waals surface area (Å²) in [6, 6.07) is 8.17. The first-order chi connectivity index (χ1) is 9.63. The number of carbonyl (C=O) groups excluding carboxylic acids is 1. The first kappa shape index (κ1) is 13.2. The number of hydrogen-bond acceptors (Lipinski definition) is 3. The zero-order valence-electron chi connectivity index (χ0n) is 11.8. The molecular formula is C15H21N3O2. The lowest BCUT2D eigenvalue weighted by atomic mass is 9.73. The van der Waals surface area contributed by atoms with Gasteiger partial charge < -0.3 is 20.6 Å². The van der Waals surface area contributed by atoms with Crippen LogP contribution in [0.3, 0.4) is 0 Å². The molecule has 108 valence electrons. The van der Waals surface area contributed by atoms with E-state index >= 15 is 0 Å². The number of benzene rings is 1. The zero-order chi connectivity index (χ0) is 14.3. The van der Waals surface area contributed by atoms with Gasteiger partial charge in [-0.05, 0) is 25.5 Å². The Morgan fingerprint density at radius 2 is 2.25 bits per heavy atom. The number of nitrogens with one attached hydrogen (secondary N) is 2. The van der Waals surface area contributed by atoms with Gasteiger partial charge in [-0.25, -0.2) is 4.79 Å². The van der Waals surface area contributed by atoms with Gasteiger partial charge in [0.15, 0.2) is 0 Å². The third-order valence-corrected chi connectivity index (χ3v) is 4.20. The molecule has 1 aromatic rings. The summed E-state index contributed by atoms with van der Waals surface area (Å²) in [5.41, 5.74) is 2.33. The van der Waals surface area contributed by atoms with E-state index in [1.165, 1.54) is 5.56 Å². The number of fused-ring (bicyclic) bond motifs is 3. The van der Waals surface area contributed by atoms with Crippen LogP contribution in [0.5, 0.6) is 0 Å². The van der Waals surface area contributed by atoms with Gasteiger partial charge >= 0.3 is 6.03 Å². The van der Waals surface area contributed by atoms with Crippen LogP contribution in [-0.2, 0) is 0 Å². The Labute approximate surface area is 119 Å². The SMILES string of the molecule is CC(C)NC(=O)N1[C@H](CO)[C@H]2c3ccccc3NC[C@H]21. The molecule has 0 bridgehead atoms. The lowest BCUT2D eigenvalue weighted by Gasteiger charge is -2.57. The highest BCUT2D eigenvalue weighted by Crippen LogP contribution is 2.45. The molecule has 1 saturated heterocycles. The molecule has 0 radical (unpaired) electrons. The molecule has 2 aliphatic heterocycles. The van der Waals surface area contributed by atoms with E-state index < -0.39 is 0 Å². The van der Waals surface area contributed by atoms with Crippen LogP contribution in [0.15, 0.2) is 24.3 Å². The molecule has 0 saturated carbocycles. The van der Waals surface area contributed by atoms with Crippen molar-refractivity contribution in [2.24, 2.45) is 0 Å². The van der Waals surface area contributed by atoms with Gasteiger partial charge in [0.25, 0.3) is 0 Å².